The molecule has 3 rings (SSSR count). The summed E-state index contributed by atoms with van der Waals surface area (Å²) in [7, 11) is 6.32. The van der Waals surface area contributed by atoms with Crippen molar-refractivity contribution in [2.75, 3.05) is 33.1 Å². The van der Waals surface area contributed by atoms with Gasteiger partial charge in [0, 0.05) is 17.7 Å². The molecule has 2 aromatic carbocycles. The molecule has 1 atom stereocenters. The van der Waals surface area contributed by atoms with Crippen molar-refractivity contribution < 1.29 is 38.0 Å². The van der Waals surface area contributed by atoms with Gasteiger partial charge in [-0.1, -0.05) is 18.2 Å². The van der Waals surface area contributed by atoms with E-state index in [9.17, 15) is 4.79 Å². The van der Waals surface area contributed by atoms with E-state index in [1.54, 1.807) is 19.2 Å². The number of halogens is 1. The molecule has 0 spiro atoms. The summed E-state index contributed by atoms with van der Waals surface area (Å²) in [5.41, 5.74) is 2.76. The first kappa shape index (κ1) is 22.7. The summed E-state index contributed by atoms with van der Waals surface area (Å²) >= 11 is 0. The number of nitrogens with one attached hydrogen (secondary N) is 1. The number of carbonyl (C=O) groups is 1. The zero-order valence-electron chi connectivity index (χ0n) is 17.1. The number of rotatable bonds is 6. The summed E-state index contributed by atoms with van der Waals surface area (Å²) in [5, 5.41) is 3.09. The Morgan fingerprint density at radius 2 is 1.82 bits per heavy atom. The molecule has 0 bridgehead atoms. The molecule has 1 N–H and O–H groups in total. The minimum Gasteiger partial charge on any atom is -1.00 e. The average Bonchev–Trinajstić information content (AvgIpc) is 2.68. The highest BCUT2D eigenvalue weighted by Crippen LogP contribution is 2.27. The first-order chi connectivity index (χ1) is 13.0. The number of benzene rings is 2. The van der Waals surface area contributed by atoms with E-state index in [2.05, 4.69) is 31.5 Å². The number of para-hydroxylation sites is 1. The number of ether oxygens (including phenoxy) is 1. The van der Waals surface area contributed by atoms with Crippen molar-refractivity contribution in [3.8, 4) is 5.75 Å². The highest BCUT2D eigenvalue weighted by atomic mass is 127. The lowest BCUT2D eigenvalue weighted by Gasteiger charge is -2.41. The molecule has 1 aliphatic heterocycles. The van der Waals surface area contributed by atoms with Crippen LogP contribution in [-0.2, 0) is 6.42 Å². The van der Waals surface area contributed by atoms with Crippen LogP contribution in [0.4, 0.5) is 5.69 Å². The van der Waals surface area contributed by atoms with Gasteiger partial charge in [0.25, 0.3) is 5.91 Å². The van der Waals surface area contributed by atoms with E-state index in [0.29, 0.717) is 11.6 Å². The number of anilines is 1. The Morgan fingerprint density at radius 3 is 2.50 bits per heavy atom. The lowest BCUT2D eigenvalue weighted by atomic mass is 9.94. The summed E-state index contributed by atoms with van der Waals surface area (Å²) in [6, 6.07) is 16.1. The molecule has 1 amide bonds. The summed E-state index contributed by atoms with van der Waals surface area (Å²) in [5.74, 6) is 0.666. The van der Waals surface area contributed by atoms with Gasteiger partial charge < -0.3 is 38.5 Å². The van der Waals surface area contributed by atoms with Gasteiger partial charge in [0.1, 0.15) is 5.75 Å². The molecule has 152 valence electrons. The van der Waals surface area contributed by atoms with Gasteiger partial charge in [0.05, 0.1) is 33.8 Å². The number of methoxy groups -OCH3 is 1. The lowest BCUT2D eigenvalue weighted by Crippen LogP contribution is -3.00. The molecular weight excluding hydrogens is 463 g/mol. The van der Waals surface area contributed by atoms with Crippen LogP contribution < -0.4 is 34.0 Å². The van der Waals surface area contributed by atoms with Crippen LogP contribution in [0.2, 0.25) is 0 Å². The first-order valence-electron chi connectivity index (χ1n) is 9.85. The molecule has 28 heavy (non-hydrogen) atoms. The number of nitrogens with zero attached hydrogens (tertiary/aromatic N) is 1. The maximum absolute atomic E-state index is 12.6. The largest absolute Gasteiger partial charge is 1.00 e. The Bertz CT molecular complexity index is 774. The highest BCUT2D eigenvalue weighted by molar-refractivity contribution is 6.04. The number of piperidine rings is 1. The van der Waals surface area contributed by atoms with Gasteiger partial charge in [-0.3, -0.25) is 4.79 Å². The number of hydrogen-bond donors (Lipinski definition) is 1. The van der Waals surface area contributed by atoms with Gasteiger partial charge in [-0.25, -0.2) is 0 Å². The van der Waals surface area contributed by atoms with Crippen LogP contribution in [0.25, 0.3) is 0 Å². The van der Waals surface area contributed by atoms with E-state index in [0.717, 1.165) is 28.8 Å². The van der Waals surface area contributed by atoms with Gasteiger partial charge in [0.2, 0.25) is 0 Å². The number of likely N-dealkylation sites (tertiary alicyclic amines) is 1. The van der Waals surface area contributed by atoms with Crippen LogP contribution in [-0.4, -0.2) is 44.2 Å². The van der Waals surface area contributed by atoms with Gasteiger partial charge in [-0.2, -0.15) is 0 Å². The van der Waals surface area contributed by atoms with Crippen LogP contribution in [0.3, 0.4) is 0 Å². The highest BCUT2D eigenvalue weighted by Gasteiger charge is 2.30. The van der Waals surface area contributed by atoms with Crippen LogP contribution >= 0.6 is 0 Å². The lowest BCUT2D eigenvalue weighted by molar-refractivity contribution is -0.920. The van der Waals surface area contributed by atoms with E-state index in [-0.39, 0.29) is 29.9 Å². The summed E-state index contributed by atoms with van der Waals surface area (Å²) in [6.45, 7) is 1.26. The molecule has 1 heterocycles. The normalized spacial score (nSPS) is 18.0. The smallest absolute Gasteiger partial charge is 0.255 e. The summed E-state index contributed by atoms with van der Waals surface area (Å²) in [4.78, 5) is 12.6. The maximum atomic E-state index is 12.6. The molecule has 1 unspecified atom stereocenters. The average molecular weight is 494 g/mol. The minimum absolute atomic E-state index is 0. The van der Waals surface area contributed by atoms with Crippen LogP contribution in [0.15, 0.2) is 48.5 Å². The fourth-order valence-electron chi connectivity index (χ4n) is 4.04. The SMILES string of the molecule is COc1ccc(C(=O)Nc2ccccc2CCC2CCCC[N+]2(C)C)cc1.[I-]. The molecule has 1 saturated heterocycles. The predicted molar refractivity (Wildman–Crippen MR) is 110 cm³/mol. The van der Waals surface area contributed by atoms with Crippen molar-refractivity contribution >= 4 is 11.6 Å². The quantitative estimate of drug-likeness (QED) is 0.489. The second-order valence-corrected chi connectivity index (χ2v) is 8.03. The zero-order valence-corrected chi connectivity index (χ0v) is 19.2. The third-order valence-electron chi connectivity index (χ3n) is 5.87. The van der Waals surface area contributed by atoms with E-state index >= 15 is 0 Å². The number of quaternary nitrogens is 1. The Hall–Kier alpha value is -1.60. The molecule has 0 aromatic heterocycles. The number of hydrogen-bond acceptors (Lipinski definition) is 2. The first-order valence-corrected chi connectivity index (χ1v) is 9.85. The van der Waals surface area contributed by atoms with E-state index in [4.69, 9.17) is 4.74 Å². The predicted octanol–water partition coefficient (Wildman–Crippen LogP) is 1.51. The molecule has 1 fully saturated rings. The Balaban J connectivity index is 0.00000280. The number of aryl methyl sites for hydroxylation is 1. The Morgan fingerprint density at radius 1 is 1.11 bits per heavy atom. The molecule has 0 radical (unpaired) electrons. The molecule has 5 heteroatoms. The standard InChI is InChI=1S/C23H30N2O2.HI/c1-25(2)17-7-6-9-20(25)14-11-18-8-4-5-10-22(18)24-23(26)19-12-15-21(27-3)16-13-19;/h4-5,8,10,12-13,15-16,20H,6-7,9,11,14,17H2,1-3H3;1H. The maximum Gasteiger partial charge on any atom is 0.255 e. The molecular formula is C23H31IN2O2. The molecule has 0 saturated carbocycles. The van der Waals surface area contributed by atoms with Gasteiger partial charge in [0.15, 0.2) is 0 Å². The van der Waals surface area contributed by atoms with E-state index in [1.807, 2.05) is 24.3 Å². The van der Waals surface area contributed by atoms with Crippen molar-refractivity contribution in [3.05, 3.63) is 59.7 Å². The van der Waals surface area contributed by atoms with Crippen molar-refractivity contribution in [3.63, 3.8) is 0 Å². The number of amides is 1. The van der Waals surface area contributed by atoms with Crippen molar-refractivity contribution in [2.45, 2.75) is 38.1 Å². The van der Waals surface area contributed by atoms with Gasteiger partial charge in [-0.15, -0.1) is 0 Å². The van der Waals surface area contributed by atoms with Crippen LogP contribution in [0.1, 0.15) is 41.6 Å². The summed E-state index contributed by atoms with van der Waals surface area (Å²) in [6.07, 6.45) is 6.11. The minimum atomic E-state index is -0.0844. The van der Waals surface area contributed by atoms with E-state index < -0.39 is 0 Å². The monoisotopic (exact) mass is 494 g/mol. The Labute approximate surface area is 185 Å². The van der Waals surface area contributed by atoms with Crippen molar-refractivity contribution in [1.82, 2.24) is 0 Å². The fourth-order valence-corrected chi connectivity index (χ4v) is 4.04. The molecule has 2 aromatic rings. The number of carbonyl (C=O) groups excluding carboxylic acids is 1. The fraction of sp³-hybridized carbons (Fsp3) is 0.435. The second-order valence-electron chi connectivity index (χ2n) is 8.03. The van der Waals surface area contributed by atoms with Gasteiger partial charge in [-0.05, 0) is 61.6 Å². The zero-order chi connectivity index (χ0) is 19.3. The molecule has 4 nitrogen and oxygen atoms in total. The molecule has 0 aliphatic carbocycles. The Kier molecular flexibility index (Phi) is 8.31. The summed E-state index contributed by atoms with van der Waals surface area (Å²) < 4.78 is 6.27. The van der Waals surface area contributed by atoms with Crippen LogP contribution in [0, 0.1) is 0 Å². The van der Waals surface area contributed by atoms with Crippen molar-refractivity contribution in [1.29, 1.82) is 0 Å². The van der Waals surface area contributed by atoms with E-state index in [1.165, 1.54) is 31.4 Å². The van der Waals surface area contributed by atoms with Crippen molar-refractivity contribution in [2.24, 2.45) is 0 Å². The third-order valence-corrected chi connectivity index (χ3v) is 5.87. The van der Waals surface area contributed by atoms with Crippen LogP contribution in [0.5, 0.6) is 5.75 Å². The molecule has 1 aliphatic rings. The van der Waals surface area contributed by atoms with Gasteiger partial charge >= 0.3 is 0 Å². The topological polar surface area (TPSA) is 38.3 Å². The third kappa shape index (κ3) is 5.70. The second kappa shape index (κ2) is 10.3.